The number of rotatable bonds is 5. The number of imidazole rings is 1. The summed E-state index contributed by atoms with van der Waals surface area (Å²) in [5.41, 5.74) is 0.635. The van der Waals surface area contributed by atoms with Gasteiger partial charge in [-0.2, -0.15) is 13.2 Å². The molecule has 1 aromatic heterocycles. The fourth-order valence-electron chi connectivity index (χ4n) is 3.02. The van der Waals surface area contributed by atoms with Crippen LogP contribution in [0.1, 0.15) is 5.56 Å². The number of aromatic amines is 1. The maximum atomic E-state index is 12.8. The minimum atomic E-state index is -4.51. The number of amides is 3. The van der Waals surface area contributed by atoms with E-state index in [4.69, 9.17) is 9.84 Å². The Morgan fingerprint density at radius 2 is 1.59 bits per heavy atom. The van der Waals surface area contributed by atoms with E-state index in [0.717, 1.165) is 12.1 Å². The van der Waals surface area contributed by atoms with E-state index in [9.17, 15) is 22.8 Å². The van der Waals surface area contributed by atoms with Crippen LogP contribution in [0.3, 0.4) is 0 Å². The van der Waals surface area contributed by atoms with Crippen molar-refractivity contribution >= 4 is 40.5 Å². The number of carboxylic acid groups (broad SMARTS) is 1. The molecule has 0 aliphatic carbocycles. The van der Waals surface area contributed by atoms with E-state index in [0.29, 0.717) is 28.2 Å². The number of ether oxygens (including phenoxy) is 1. The topological polar surface area (TPSA) is 128 Å². The second-order valence-electron chi connectivity index (χ2n) is 6.98. The van der Waals surface area contributed by atoms with Crippen LogP contribution in [0.4, 0.5) is 40.1 Å². The second-order valence-corrected chi connectivity index (χ2v) is 6.98. The smallest absolute Gasteiger partial charge is 0.416 e. The largest absolute Gasteiger partial charge is 0.465 e. The third-order valence-corrected chi connectivity index (χ3v) is 4.47. The molecule has 4 aromatic rings. The highest BCUT2D eigenvalue weighted by molar-refractivity contribution is 5.99. The maximum absolute atomic E-state index is 12.8. The lowest BCUT2D eigenvalue weighted by Gasteiger charge is -2.11. The zero-order chi connectivity index (χ0) is 24.3. The Morgan fingerprint density at radius 1 is 0.882 bits per heavy atom. The van der Waals surface area contributed by atoms with Crippen molar-refractivity contribution in [1.29, 1.82) is 0 Å². The highest BCUT2D eigenvalue weighted by Crippen LogP contribution is 2.31. The Labute approximate surface area is 189 Å². The van der Waals surface area contributed by atoms with Crippen molar-refractivity contribution in [3.63, 3.8) is 0 Å². The highest BCUT2D eigenvalue weighted by Gasteiger charge is 2.30. The molecule has 5 N–H and O–H groups in total. The van der Waals surface area contributed by atoms with Gasteiger partial charge in [-0.05, 0) is 54.6 Å². The fourth-order valence-corrected chi connectivity index (χ4v) is 3.02. The Balaban J connectivity index is 1.37. The molecule has 1 heterocycles. The van der Waals surface area contributed by atoms with Gasteiger partial charge in [0.05, 0.1) is 16.6 Å². The zero-order valence-corrected chi connectivity index (χ0v) is 17.1. The molecule has 34 heavy (non-hydrogen) atoms. The van der Waals surface area contributed by atoms with Crippen molar-refractivity contribution in [1.82, 2.24) is 9.97 Å². The van der Waals surface area contributed by atoms with Crippen molar-refractivity contribution in [2.75, 3.05) is 16.0 Å². The number of benzene rings is 3. The Bertz CT molecular complexity index is 1350. The summed E-state index contributed by atoms with van der Waals surface area (Å²) >= 11 is 0. The van der Waals surface area contributed by atoms with Crippen LogP contribution in [-0.4, -0.2) is 27.2 Å². The normalized spacial score (nSPS) is 11.1. The molecule has 0 spiro atoms. The highest BCUT2D eigenvalue weighted by atomic mass is 19.4. The summed E-state index contributed by atoms with van der Waals surface area (Å²) in [5.74, 6) is 0.992. The lowest BCUT2D eigenvalue weighted by Crippen LogP contribution is -2.19. The van der Waals surface area contributed by atoms with Crippen molar-refractivity contribution in [3.8, 4) is 11.5 Å². The fraction of sp³-hybridized carbons (Fsp3) is 0.0455. The lowest BCUT2D eigenvalue weighted by atomic mass is 10.2. The first-order chi connectivity index (χ1) is 16.2. The average molecular weight is 471 g/mol. The number of H-pyrrole nitrogens is 1. The van der Waals surface area contributed by atoms with Crippen molar-refractivity contribution in [2.45, 2.75) is 6.18 Å². The number of fused-ring (bicyclic) bond motifs is 1. The molecule has 9 nitrogen and oxygen atoms in total. The molecule has 0 aliphatic rings. The van der Waals surface area contributed by atoms with Gasteiger partial charge in [0.2, 0.25) is 5.95 Å². The summed E-state index contributed by atoms with van der Waals surface area (Å²) in [6.07, 6.45) is -5.75. The summed E-state index contributed by atoms with van der Waals surface area (Å²) in [7, 11) is 0. The number of nitrogens with zero attached hydrogens (tertiary/aromatic N) is 1. The molecular weight excluding hydrogens is 455 g/mol. The number of carbonyl (C=O) groups is 2. The van der Waals surface area contributed by atoms with E-state index in [-0.39, 0.29) is 11.6 Å². The van der Waals surface area contributed by atoms with Gasteiger partial charge in [-0.25, -0.2) is 14.6 Å². The Morgan fingerprint density at radius 3 is 2.29 bits per heavy atom. The van der Waals surface area contributed by atoms with Gasteiger partial charge >= 0.3 is 18.3 Å². The Kier molecular flexibility index (Phi) is 5.95. The first-order valence-corrected chi connectivity index (χ1v) is 9.69. The molecule has 3 amide bonds. The summed E-state index contributed by atoms with van der Waals surface area (Å²) < 4.78 is 44.2. The van der Waals surface area contributed by atoms with Crippen LogP contribution >= 0.6 is 0 Å². The van der Waals surface area contributed by atoms with E-state index >= 15 is 0 Å². The minimum Gasteiger partial charge on any atom is -0.465 e. The molecule has 0 unspecified atom stereocenters. The summed E-state index contributed by atoms with van der Waals surface area (Å²) in [6, 6.07) is 14.9. The van der Waals surface area contributed by atoms with Crippen LogP contribution in [0, 0.1) is 0 Å². The Hall–Kier alpha value is -4.74. The molecule has 0 saturated carbocycles. The van der Waals surface area contributed by atoms with Crippen molar-refractivity contribution in [3.05, 3.63) is 72.3 Å². The number of nitrogens with one attached hydrogen (secondary N) is 4. The van der Waals surface area contributed by atoms with E-state index < -0.39 is 23.9 Å². The molecule has 0 aliphatic heterocycles. The predicted octanol–water partition coefficient (Wildman–Crippen LogP) is 6.11. The van der Waals surface area contributed by atoms with E-state index in [2.05, 4.69) is 25.9 Å². The van der Waals surface area contributed by atoms with Gasteiger partial charge in [0.1, 0.15) is 11.5 Å². The van der Waals surface area contributed by atoms with E-state index in [1.807, 2.05) is 0 Å². The van der Waals surface area contributed by atoms with E-state index in [1.165, 1.54) is 12.1 Å². The first-order valence-electron chi connectivity index (χ1n) is 9.69. The standard InChI is InChI=1S/C22H16F3N5O4/c23-22(24,25)12-2-1-3-14(10-12)27-20(31)26-13-4-6-15(7-5-13)34-16-8-9-17-18(11-16)29-19(28-17)30-21(32)33/h1-11H,(H,32,33)(H2,26,27,31)(H2,28,29,30). The van der Waals surface area contributed by atoms with Gasteiger partial charge < -0.3 is 25.5 Å². The molecule has 12 heteroatoms. The van der Waals surface area contributed by atoms with Gasteiger partial charge in [0.25, 0.3) is 0 Å². The quantitative estimate of drug-likeness (QED) is 0.240. The third-order valence-electron chi connectivity index (χ3n) is 4.47. The molecule has 0 fully saturated rings. The predicted molar refractivity (Wildman–Crippen MR) is 118 cm³/mol. The summed E-state index contributed by atoms with van der Waals surface area (Å²) in [6.45, 7) is 0. The van der Waals surface area contributed by atoms with Gasteiger partial charge in [-0.1, -0.05) is 6.07 Å². The molecule has 4 rings (SSSR count). The van der Waals surface area contributed by atoms with Crippen LogP contribution in [0.2, 0.25) is 0 Å². The molecule has 0 atom stereocenters. The van der Waals surface area contributed by atoms with Crippen LogP contribution in [0.15, 0.2) is 66.7 Å². The molecule has 3 aromatic carbocycles. The lowest BCUT2D eigenvalue weighted by molar-refractivity contribution is -0.137. The summed E-state index contributed by atoms with van der Waals surface area (Å²) in [5, 5.41) is 15.8. The second kappa shape index (κ2) is 9.02. The number of halogens is 3. The molecule has 0 radical (unpaired) electrons. The number of aromatic nitrogens is 2. The maximum Gasteiger partial charge on any atom is 0.416 e. The monoisotopic (exact) mass is 471 g/mol. The number of hydrogen-bond acceptors (Lipinski definition) is 4. The first kappa shape index (κ1) is 22.5. The minimum absolute atomic E-state index is 0.00295. The SMILES string of the molecule is O=C(O)Nc1nc2ccc(Oc3ccc(NC(=O)Nc4cccc(C(F)(F)F)c4)cc3)cc2[nH]1. The average Bonchev–Trinajstić information content (AvgIpc) is 3.15. The van der Waals surface area contributed by atoms with Gasteiger partial charge in [0.15, 0.2) is 0 Å². The van der Waals surface area contributed by atoms with Crippen molar-refractivity contribution in [2.24, 2.45) is 0 Å². The van der Waals surface area contributed by atoms with Gasteiger partial charge in [-0.15, -0.1) is 0 Å². The van der Waals surface area contributed by atoms with Crippen LogP contribution in [0.25, 0.3) is 11.0 Å². The number of alkyl halides is 3. The van der Waals surface area contributed by atoms with Gasteiger partial charge in [0, 0.05) is 17.4 Å². The van der Waals surface area contributed by atoms with Crippen LogP contribution in [0.5, 0.6) is 11.5 Å². The van der Waals surface area contributed by atoms with Gasteiger partial charge in [-0.3, -0.25) is 5.32 Å². The molecular formula is C22H16F3N5O4. The number of anilines is 3. The van der Waals surface area contributed by atoms with Crippen LogP contribution < -0.4 is 20.7 Å². The summed E-state index contributed by atoms with van der Waals surface area (Å²) in [4.78, 5) is 29.7. The molecule has 0 bridgehead atoms. The number of carbonyl (C=O) groups excluding carboxylic acids is 1. The third kappa shape index (κ3) is 5.54. The molecule has 0 saturated heterocycles. The number of hydrogen-bond donors (Lipinski definition) is 5. The van der Waals surface area contributed by atoms with Crippen LogP contribution in [-0.2, 0) is 6.18 Å². The molecule has 174 valence electrons. The van der Waals surface area contributed by atoms with Crippen molar-refractivity contribution < 1.29 is 32.6 Å². The zero-order valence-electron chi connectivity index (χ0n) is 17.1. The number of urea groups is 1. The van der Waals surface area contributed by atoms with E-state index in [1.54, 1.807) is 42.5 Å².